The highest BCUT2D eigenvalue weighted by atomic mass is 79.9. The molecular formula is C7H12Br2N2. The minimum Gasteiger partial charge on any atom is -0.272 e. The summed E-state index contributed by atoms with van der Waals surface area (Å²) in [6.45, 7) is 5.07. The second-order valence-corrected chi connectivity index (χ2v) is 2.79. The summed E-state index contributed by atoms with van der Waals surface area (Å²) in [6.07, 6.45) is 2.07. The van der Waals surface area contributed by atoms with Gasteiger partial charge >= 0.3 is 0 Å². The molecule has 0 saturated heterocycles. The standard InChI is InChI=1S/C7H11BrN2.BrH/c1-3-10-5-7(4-8)6(2)9-10;/h5H,3-4H2,1-2H3;1H. The quantitative estimate of drug-likeness (QED) is 0.763. The van der Waals surface area contributed by atoms with Crippen molar-refractivity contribution in [2.75, 3.05) is 0 Å². The Morgan fingerprint density at radius 2 is 2.27 bits per heavy atom. The Kier molecular flexibility index (Phi) is 5.01. The van der Waals surface area contributed by atoms with E-state index >= 15 is 0 Å². The van der Waals surface area contributed by atoms with Gasteiger partial charge < -0.3 is 0 Å². The number of halogens is 2. The number of rotatable bonds is 2. The average molecular weight is 284 g/mol. The van der Waals surface area contributed by atoms with E-state index in [9.17, 15) is 0 Å². The molecule has 0 aromatic carbocycles. The van der Waals surface area contributed by atoms with Crippen molar-refractivity contribution in [3.05, 3.63) is 17.5 Å². The van der Waals surface area contributed by atoms with E-state index in [0.717, 1.165) is 17.6 Å². The summed E-state index contributed by atoms with van der Waals surface area (Å²) in [7, 11) is 0. The maximum absolute atomic E-state index is 4.29. The SMILES string of the molecule is Br.CCn1cc(CBr)c(C)n1. The molecule has 4 heteroatoms. The molecule has 0 aliphatic rings. The van der Waals surface area contributed by atoms with Crippen LogP contribution < -0.4 is 0 Å². The Morgan fingerprint density at radius 1 is 1.64 bits per heavy atom. The molecule has 64 valence electrons. The number of hydrogen-bond donors (Lipinski definition) is 0. The predicted octanol–water partition coefficient (Wildman–Crippen LogP) is 2.68. The second kappa shape index (κ2) is 4.93. The number of nitrogens with zero attached hydrogens (tertiary/aromatic N) is 2. The molecule has 0 spiro atoms. The van der Waals surface area contributed by atoms with Crippen molar-refractivity contribution >= 4 is 32.9 Å². The monoisotopic (exact) mass is 282 g/mol. The van der Waals surface area contributed by atoms with Gasteiger partial charge in [0.05, 0.1) is 5.69 Å². The normalized spacial score (nSPS) is 9.36. The maximum Gasteiger partial charge on any atom is 0.0634 e. The lowest BCUT2D eigenvalue weighted by Crippen LogP contribution is -1.93. The van der Waals surface area contributed by atoms with Crippen LogP contribution in [0.5, 0.6) is 0 Å². The van der Waals surface area contributed by atoms with E-state index in [0.29, 0.717) is 0 Å². The Morgan fingerprint density at radius 3 is 2.55 bits per heavy atom. The number of hydrogen-bond acceptors (Lipinski definition) is 1. The summed E-state index contributed by atoms with van der Waals surface area (Å²) in [4.78, 5) is 0. The molecule has 1 aromatic rings. The van der Waals surface area contributed by atoms with E-state index in [1.165, 1.54) is 5.56 Å². The third kappa shape index (κ3) is 2.60. The largest absolute Gasteiger partial charge is 0.272 e. The summed E-state index contributed by atoms with van der Waals surface area (Å²) in [5.41, 5.74) is 2.40. The molecule has 0 fully saturated rings. The van der Waals surface area contributed by atoms with E-state index in [2.05, 4.69) is 34.1 Å². The fourth-order valence-electron chi connectivity index (χ4n) is 0.852. The van der Waals surface area contributed by atoms with Gasteiger partial charge in [-0.3, -0.25) is 4.68 Å². The summed E-state index contributed by atoms with van der Waals surface area (Å²) in [5.74, 6) is 0. The third-order valence-corrected chi connectivity index (χ3v) is 2.12. The predicted molar refractivity (Wildman–Crippen MR) is 55.6 cm³/mol. The maximum atomic E-state index is 4.29. The van der Waals surface area contributed by atoms with Gasteiger partial charge in [0.2, 0.25) is 0 Å². The lowest BCUT2D eigenvalue weighted by molar-refractivity contribution is 0.653. The highest BCUT2D eigenvalue weighted by Crippen LogP contribution is 2.09. The van der Waals surface area contributed by atoms with Crippen molar-refractivity contribution < 1.29 is 0 Å². The van der Waals surface area contributed by atoms with Crippen LogP contribution in [0.15, 0.2) is 6.20 Å². The topological polar surface area (TPSA) is 17.8 Å². The van der Waals surface area contributed by atoms with E-state index < -0.39 is 0 Å². The molecule has 0 amide bonds. The molecule has 1 rings (SSSR count). The zero-order valence-electron chi connectivity index (χ0n) is 6.67. The van der Waals surface area contributed by atoms with Gasteiger partial charge in [-0.05, 0) is 13.8 Å². The van der Waals surface area contributed by atoms with Crippen LogP contribution in [0.3, 0.4) is 0 Å². The molecule has 1 aromatic heterocycles. The van der Waals surface area contributed by atoms with E-state index in [1.807, 2.05) is 11.6 Å². The average Bonchev–Trinajstić information content (AvgIpc) is 2.30. The van der Waals surface area contributed by atoms with Crippen molar-refractivity contribution in [3.8, 4) is 0 Å². The Bertz CT molecular complexity index is 220. The first kappa shape index (κ1) is 11.2. The molecule has 0 N–H and O–H groups in total. The highest BCUT2D eigenvalue weighted by Gasteiger charge is 2.00. The molecule has 2 nitrogen and oxygen atoms in total. The van der Waals surface area contributed by atoms with Crippen LogP contribution in [-0.4, -0.2) is 9.78 Å². The molecular weight excluding hydrogens is 272 g/mol. The first-order chi connectivity index (χ1) is 4.77. The minimum absolute atomic E-state index is 0. The van der Waals surface area contributed by atoms with Crippen LogP contribution in [0.1, 0.15) is 18.2 Å². The van der Waals surface area contributed by atoms with Crippen LogP contribution in [0.25, 0.3) is 0 Å². The van der Waals surface area contributed by atoms with Gasteiger partial charge in [-0.15, -0.1) is 17.0 Å². The van der Waals surface area contributed by atoms with Crippen molar-refractivity contribution in [2.45, 2.75) is 25.7 Å². The molecule has 1 heterocycles. The number of aryl methyl sites for hydroxylation is 2. The molecule has 0 aliphatic carbocycles. The third-order valence-electron chi connectivity index (χ3n) is 1.52. The molecule has 0 saturated carbocycles. The molecule has 0 radical (unpaired) electrons. The number of alkyl halides is 1. The van der Waals surface area contributed by atoms with Crippen LogP contribution >= 0.6 is 32.9 Å². The van der Waals surface area contributed by atoms with E-state index in [-0.39, 0.29) is 17.0 Å². The zero-order chi connectivity index (χ0) is 7.56. The molecule has 0 unspecified atom stereocenters. The first-order valence-corrected chi connectivity index (χ1v) is 4.49. The van der Waals surface area contributed by atoms with Crippen LogP contribution in [0.4, 0.5) is 0 Å². The van der Waals surface area contributed by atoms with Crippen LogP contribution in [-0.2, 0) is 11.9 Å². The van der Waals surface area contributed by atoms with Crippen molar-refractivity contribution in [1.29, 1.82) is 0 Å². The number of aromatic nitrogens is 2. The second-order valence-electron chi connectivity index (χ2n) is 2.23. The summed E-state index contributed by atoms with van der Waals surface area (Å²) < 4.78 is 1.95. The molecule has 0 aliphatic heterocycles. The zero-order valence-corrected chi connectivity index (χ0v) is 9.97. The van der Waals surface area contributed by atoms with E-state index in [4.69, 9.17) is 0 Å². The fraction of sp³-hybridized carbons (Fsp3) is 0.571. The lowest BCUT2D eigenvalue weighted by Gasteiger charge is -1.89. The van der Waals surface area contributed by atoms with Gasteiger partial charge in [0.25, 0.3) is 0 Å². The van der Waals surface area contributed by atoms with Crippen molar-refractivity contribution in [3.63, 3.8) is 0 Å². The Hall–Kier alpha value is 0.170. The minimum atomic E-state index is 0. The summed E-state index contributed by atoms with van der Waals surface area (Å²) in [6, 6.07) is 0. The highest BCUT2D eigenvalue weighted by molar-refractivity contribution is 9.08. The summed E-state index contributed by atoms with van der Waals surface area (Å²) >= 11 is 3.40. The smallest absolute Gasteiger partial charge is 0.0634 e. The fourth-order valence-corrected chi connectivity index (χ4v) is 1.40. The van der Waals surface area contributed by atoms with Gasteiger partial charge in [0.1, 0.15) is 0 Å². The van der Waals surface area contributed by atoms with Crippen molar-refractivity contribution in [2.24, 2.45) is 0 Å². The van der Waals surface area contributed by atoms with Crippen LogP contribution in [0, 0.1) is 6.92 Å². The van der Waals surface area contributed by atoms with Crippen LogP contribution in [0.2, 0.25) is 0 Å². The van der Waals surface area contributed by atoms with Gasteiger partial charge in [-0.1, -0.05) is 15.9 Å². The van der Waals surface area contributed by atoms with Crippen molar-refractivity contribution in [1.82, 2.24) is 9.78 Å². The van der Waals surface area contributed by atoms with E-state index in [1.54, 1.807) is 0 Å². The summed E-state index contributed by atoms with van der Waals surface area (Å²) in [5, 5.41) is 5.19. The molecule has 0 atom stereocenters. The Balaban J connectivity index is 0.000001000. The van der Waals surface area contributed by atoms with Gasteiger partial charge in [0.15, 0.2) is 0 Å². The molecule has 11 heavy (non-hydrogen) atoms. The van der Waals surface area contributed by atoms with Gasteiger partial charge in [-0.2, -0.15) is 5.10 Å². The lowest BCUT2D eigenvalue weighted by atomic mass is 10.3. The first-order valence-electron chi connectivity index (χ1n) is 3.36. The Labute approximate surface area is 85.9 Å². The van der Waals surface area contributed by atoms with Gasteiger partial charge in [0, 0.05) is 23.6 Å². The molecule has 0 bridgehead atoms. The van der Waals surface area contributed by atoms with Gasteiger partial charge in [-0.25, -0.2) is 0 Å².